The van der Waals surface area contributed by atoms with Gasteiger partial charge in [0.1, 0.15) is 5.75 Å². The van der Waals surface area contributed by atoms with Gasteiger partial charge in [-0.2, -0.15) is 0 Å². The molecule has 0 aromatic heterocycles. The van der Waals surface area contributed by atoms with Gasteiger partial charge < -0.3 is 15.6 Å². The van der Waals surface area contributed by atoms with E-state index in [0.717, 1.165) is 30.6 Å². The predicted molar refractivity (Wildman–Crippen MR) is 77.4 cm³/mol. The van der Waals surface area contributed by atoms with E-state index in [1.807, 2.05) is 38.1 Å². The summed E-state index contributed by atoms with van der Waals surface area (Å²) in [5.74, 6) is 0.981. The van der Waals surface area contributed by atoms with E-state index in [9.17, 15) is 5.11 Å². The van der Waals surface area contributed by atoms with Crippen LogP contribution in [0.5, 0.6) is 5.75 Å². The van der Waals surface area contributed by atoms with Crippen LogP contribution in [0.25, 0.3) is 0 Å². The molecule has 0 amide bonds. The van der Waals surface area contributed by atoms with Gasteiger partial charge in [-0.15, -0.1) is 0 Å². The lowest BCUT2D eigenvalue weighted by Crippen LogP contribution is -2.30. The summed E-state index contributed by atoms with van der Waals surface area (Å²) >= 11 is 0. The molecule has 0 radical (unpaired) electrons. The summed E-state index contributed by atoms with van der Waals surface area (Å²) in [7, 11) is 0. The molecule has 0 aliphatic rings. The molecule has 1 aromatic carbocycles. The Bertz CT molecular complexity index is 416. The summed E-state index contributed by atoms with van der Waals surface area (Å²) in [5, 5.41) is 16.7. The van der Waals surface area contributed by atoms with Crippen LogP contribution in [0, 0.1) is 10.8 Å². The number of para-hydroxylation sites is 1. The van der Waals surface area contributed by atoms with Crippen molar-refractivity contribution in [3.05, 3.63) is 29.8 Å². The molecule has 0 saturated heterocycles. The first-order chi connectivity index (χ1) is 8.97. The molecule has 0 aliphatic heterocycles. The second-order valence-corrected chi connectivity index (χ2v) is 5.37. The zero-order valence-corrected chi connectivity index (χ0v) is 11.8. The fraction of sp³-hybridized carbons (Fsp3) is 0.533. The summed E-state index contributed by atoms with van der Waals surface area (Å²) in [6.45, 7) is 4.58. The standard InChI is InChI=1S/C15H24N2O2/c1-15(2,14(16)17)9-5-6-10-19-13-8-4-3-7-12(13)11-18/h3-4,7-8,18H,5-6,9-11H2,1-2H3,(H3,16,17). The number of unbranched alkanes of at least 4 members (excludes halogenated alkanes) is 1. The predicted octanol–water partition coefficient (Wildman–Crippen LogP) is 2.69. The van der Waals surface area contributed by atoms with Gasteiger partial charge in [-0.05, 0) is 25.3 Å². The number of ether oxygens (including phenoxy) is 1. The van der Waals surface area contributed by atoms with Crippen LogP contribution >= 0.6 is 0 Å². The number of rotatable bonds is 8. The van der Waals surface area contributed by atoms with Crippen molar-refractivity contribution < 1.29 is 9.84 Å². The van der Waals surface area contributed by atoms with Crippen LogP contribution in [0.15, 0.2) is 24.3 Å². The van der Waals surface area contributed by atoms with E-state index in [0.29, 0.717) is 6.61 Å². The van der Waals surface area contributed by atoms with E-state index < -0.39 is 0 Å². The third-order valence-corrected chi connectivity index (χ3v) is 3.33. The third kappa shape index (κ3) is 4.91. The minimum Gasteiger partial charge on any atom is -0.493 e. The van der Waals surface area contributed by atoms with E-state index >= 15 is 0 Å². The van der Waals surface area contributed by atoms with Crippen molar-refractivity contribution in [3.8, 4) is 5.75 Å². The highest BCUT2D eigenvalue weighted by Crippen LogP contribution is 2.23. The number of aliphatic hydroxyl groups is 1. The molecule has 0 bridgehead atoms. The number of nitrogens with two attached hydrogens (primary N) is 1. The van der Waals surface area contributed by atoms with Gasteiger partial charge >= 0.3 is 0 Å². The highest BCUT2D eigenvalue weighted by Gasteiger charge is 2.20. The average Bonchev–Trinajstić information content (AvgIpc) is 2.38. The van der Waals surface area contributed by atoms with Crippen LogP contribution < -0.4 is 10.5 Å². The van der Waals surface area contributed by atoms with Gasteiger partial charge in [-0.3, -0.25) is 5.41 Å². The summed E-state index contributed by atoms with van der Waals surface area (Å²) in [5.41, 5.74) is 6.12. The lowest BCUT2D eigenvalue weighted by molar-refractivity contribution is 0.258. The molecule has 1 aromatic rings. The first-order valence-corrected chi connectivity index (χ1v) is 6.63. The van der Waals surface area contributed by atoms with Crippen LogP contribution in [-0.2, 0) is 6.61 Å². The van der Waals surface area contributed by atoms with Crippen molar-refractivity contribution in [2.24, 2.45) is 11.1 Å². The van der Waals surface area contributed by atoms with Gasteiger partial charge in [0.15, 0.2) is 0 Å². The summed E-state index contributed by atoms with van der Waals surface area (Å²) in [4.78, 5) is 0. The Balaban J connectivity index is 2.30. The van der Waals surface area contributed by atoms with Crippen LogP contribution in [0.3, 0.4) is 0 Å². The zero-order valence-electron chi connectivity index (χ0n) is 11.8. The minimum atomic E-state index is -0.233. The molecule has 1 rings (SSSR count). The first kappa shape index (κ1) is 15.5. The van der Waals surface area contributed by atoms with Gasteiger partial charge in [-0.25, -0.2) is 0 Å². The SMILES string of the molecule is CC(C)(CCCCOc1ccccc1CO)C(=N)N. The Morgan fingerprint density at radius 3 is 2.63 bits per heavy atom. The largest absolute Gasteiger partial charge is 0.493 e. The lowest BCUT2D eigenvalue weighted by Gasteiger charge is -2.22. The summed E-state index contributed by atoms with van der Waals surface area (Å²) in [6, 6.07) is 7.50. The van der Waals surface area contributed by atoms with Crippen molar-refractivity contribution in [1.82, 2.24) is 0 Å². The van der Waals surface area contributed by atoms with Gasteiger partial charge in [0.2, 0.25) is 0 Å². The smallest absolute Gasteiger partial charge is 0.124 e. The Morgan fingerprint density at radius 2 is 2.00 bits per heavy atom. The van der Waals surface area contributed by atoms with Crippen molar-refractivity contribution in [1.29, 1.82) is 5.41 Å². The molecule has 0 spiro atoms. The molecule has 4 heteroatoms. The Kier molecular flexibility index (Phi) is 5.83. The van der Waals surface area contributed by atoms with E-state index in [2.05, 4.69) is 0 Å². The Hall–Kier alpha value is -1.55. The van der Waals surface area contributed by atoms with Crippen LogP contribution in [0.2, 0.25) is 0 Å². The maximum atomic E-state index is 9.17. The fourth-order valence-electron chi connectivity index (χ4n) is 1.76. The fourth-order valence-corrected chi connectivity index (χ4v) is 1.76. The van der Waals surface area contributed by atoms with Crippen molar-refractivity contribution in [3.63, 3.8) is 0 Å². The molecule has 4 nitrogen and oxygen atoms in total. The molecular formula is C15H24N2O2. The first-order valence-electron chi connectivity index (χ1n) is 6.63. The number of nitrogens with one attached hydrogen (secondary N) is 1. The second-order valence-electron chi connectivity index (χ2n) is 5.37. The zero-order chi connectivity index (χ0) is 14.3. The normalized spacial score (nSPS) is 11.3. The molecule has 0 aliphatic carbocycles. The number of hydrogen-bond acceptors (Lipinski definition) is 3. The number of benzene rings is 1. The van der Waals surface area contributed by atoms with Gasteiger partial charge in [0.25, 0.3) is 0 Å². The van der Waals surface area contributed by atoms with E-state index in [4.69, 9.17) is 15.9 Å². The van der Waals surface area contributed by atoms with E-state index in [1.165, 1.54) is 0 Å². The second kappa shape index (κ2) is 7.14. The van der Waals surface area contributed by atoms with E-state index in [-0.39, 0.29) is 17.9 Å². The number of aliphatic hydroxyl groups excluding tert-OH is 1. The topological polar surface area (TPSA) is 79.3 Å². The molecular weight excluding hydrogens is 240 g/mol. The van der Waals surface area contributed by atoms with Crippen molar-refractivity contribution in [2.75, 3.05) is 6.61 Å². The van der Waals surface area contributed by atoms with Crippen LogP contribution in [0.4, 0.5) is 0 Å². The van der Waals surface area contributed by atoms with Crippen LogP contribution in [-0.4, -0.2) is 17.5 Å². The van der Waals surface area contributed by atoms with E-state index in [1.54, 1.807) is 0 Å². The van der Waals surface area contributed by atoms with Crippen molar-refractivity contribution >= 4 is 5.84 Å². The number of amidine groups is 1. The molecule has 0 saturated carbocycles. The van der Waals surface area contributed by atoms with Crippen LogP contribution in [0.1, 0.15) is 38.7 Å². The summed E-state index contributed by atoms with van der Waals surface area (Å²) in [6.07, 6.45) is 2.76. The highest BCUT2D eigenvalue weighted by atomic mass is 16.5. The Morgan fingerprint density at radius 1 is 1.32 bits per heavy atom. The minimum absolute atomic E-state index is 0.00641. The molecule has 106 valence electrons. The van der Waals surface area contributed by atoms with Gasteiger partial charge in [0, 0.05) is 11.0 Å². The van der Waals surface area contributed by atoms with Gasteiger partial charge in [-0.1, -0.05) is 32.0 Å². The molecule has 0 unspecified atom stereocenters. The monoisotopic (exact) mass is 264 g/mol. The maximum absolute atomic E-state index is 9.17. The van der Waals surface area contributed by atoms with Gasteiger partial charge in [0.05, 0.1) is 19.0 Å². The Labute approximate surface area is 115 Å². The van der Waals surface area contributed by atoms with Crippen molar-refractivity contribution in [2.45, 2.75) is 39.7 Å². The number of hydrogen-bond donors (Lipinski definition) is 3. The summed E-state index contributed by atoms with van der Waals surface area (Å²) < 4.78 is 5.66. The molecule has 0 atom stereocenters. The molecule has 0 heterocycles. The average molecular weight is 264 g/mol. The highest BCUT2D eigenvalue weighted by molar-refractivity contribution is 5.82. The lowest BCUT2D eigenvalue weighted by atomic mass is 9.86. The third-order valence-electron chi connectivity index (χ3n) is 3.33. The maximum Gasteiger partial charge on any atom is 0.124 e. The molecule has 19 heavy (non-hydrogen) atoms. The molecule has 4 N–H and O–H groups in total. The quantitative estimate of drug-likeness (QED) is 0.384. The molecule has 0 fully saturated rings.